The number of rotatable bonds is 1. The summed E-state index contributed by atoms with van der Waals surface area (Å²) in [5, 5.41) is 12.2. The second-order valence-electron chi connectivity index (χ2n) is 7.02. The van der Waals surface area contributed by atoms with Crippen LogP contribution in [0.1, 0.15) is 43.2 Å². The van der Waals surface area contributed by atoms with Crippen LogP contribution in [0.25, 0.3) is 10.8 Å². The number of fused-ring (bicyclic) bond motifs is 5. The zero-order valence-corrected chi connectivity index (χ0v) is 12.6. The second-order valence-corrected chi connectivity index (χ2v) is 7.02. The lowest BCUT2D eigenvalue weighted by molar-refractivity contribution is 0.205. The lowest BCUT2D eigenvalue weighted by Gasteiger charge is -2.41. The van der Waals surface area contributed by atoms with E-state index in [-0.39, 0.29) is 0 Å². The highest BCUT2D eigenvalue weighted by atomic mass is 16.3. The van der Waals surface area contributed by atoms with Gasteiger partial charge in [0.05, 0.1) is 0 Å². The molecule has 3 unspecified atom stereocenters. The summed E-state index contributed by atoms with van der Waals surface area (Å²) >= 11 is 0. The lowest BCUT2D eigenvalue weighted by Crippen LogP contribution is -2.31. The van der Waals surface area contributed by atoms with E-state index < -0.39 is 0 Å². The molecule has 1 fully saturated rings. The van der Waals surface area contributed by atoms with Crippen molar-refractivity contribution >= 4 is 10.8 Å². The van der Waals surface area contributed by atoms with Gasteiger partial charge < -0.3 is 5.11 Å². The van der Waals surface area contributed by atoms with Crippen molar-refractivity contribution in [3.63, 3.8) is 0 Å². The molecule has 0 spiro atoms. The van der Waals surface area contributed by atoms with Crippen molar-refractivity contribution in [3.8, 4) is 5.75 Å². The van der Waals surface area contributed by atoms with Gasteiger partial charge in [-0.2, -0.15) is 0 Å². The van der Waals surface area contributed by atoms with Crippen molar-refractivity contribution in [3.05, 3.63) is 54.1 Å². The van der Waals surface area contributed by atoms with E-state index in [2.05, 4.69) is 37.8 Å². The number of hydrogen-bond acceptors (Lipinski definition) is 1. The molecule has 2 aromatic carbocycles. The van der Waals surface area contributed by atoms with E-state index in [1.807, 2.05) is 12.1 Å². The van der Waals surface area contributed by atoms with Gasteiger partial charge in [0, 0.05) is 0 Å². The highest BCUT2D eigenvalue weighted by Crippen LogP contribution is 2.59. The molecule has 21 heavy (non-hydrogen) atoms. The largest absolute Gasteiger partial charge is 0.508 e. The van der Waals surface area contributed by atoms with E-state index in [9.17, 15) is 5.11 Å². The topological polar surface area (TPSA) is 20.2 Å². The minimum atomic E-state index is 0.357. The molecular formula is C20H22O. The third-order valence-corrected chi connectivity index (χ3v) is 6.13. The molecule has 2 aromatic rings. The van der Waals surface area contributed by atoms with Crippen LogP contribution < -0.4 is 0 Å². The maximum Gasteiger partial charge on any atom is 0.116 e. The summed E-state index contributed by atoms with van der Waals surface area (Å²) in [7, 11) is 0. The summed E-state index contributed by atoms with van der Waals surface area (Å²) in [4.78, 5) is 0. The van der Waals surface area contributed by atoms with Crippen LogP contribution in [-0.2, 0) is 6.42 Å². The fourth-order valence-electron chi connectivity index (χ4n) is 4.92. The third kappa shape index (κ3) is 1.70. The van der Waals surface area contributed by atoms with E-state index in [1.165, 1.54) is 30.2 Å². The Hall–Kier alpha value is -1.76. The van der Waals surface area contributed by atoms with Gasteiger partial charge >= 0.3 is 0 Å². The van der Waals surface area contributed by atoms with Gasteiger partial charge in [0.15, 0.2) is 0 Å². The van der Waals surface area contributed by atoms with Crippen LogP contribution in [0.5, 0.6) is 5.75 Å². The molecule has 108 valence electrons. The Bertz CT molecular complexity index is 730. The SMILES string of the molecule is C=CC1CCC2c3ccc4cc(O)ccc4c3CCC12C. The van der Waals surface area contributed by atoms with E-state index in [1.54, 1.807) is 5.56 Å². The minimum absolute atomic E-state index is 0.357. The van der Waals surface area contributed by atoms with Crippen LogP contribution in [0.2, 0.25) is 0 Å². The van der Waals surface area contributed by atoms with Crippen LogP contribution in [0, 0.1) is 11.3 Å². The Morgan fingerprint density at radius 1 is 1.24 bits per heavy atom. The fourth-order valence-corrected chi connectivity index (χ4v) is 4.92. The molecule has 1 heteroatoms. The van der Waals surface area contributed by atoms with Crippen LogP contribution >= 0.6 is 0 Å². The van der Waals surface area contributed by atoms with E-state index >= 15 is 0 Å². The second kappa shape index (κ2) is 4.37. The standard InChI is InChI=1S/C20H22O/c1-3-14-5-9-19-18-7-4-13-12-15(21)6-8-16(13)17(18)10-11-20(14,19)2/h3-4,6-8,12,14,19,21H,1,5,9-11H2,2H3. The smallest absolute Gasteiger partial charge is 0.116 e. The predicted octanol–water partition coefficient (Wildman–Crippen LogP) is 5.18. The van der Waals surface area contributed by atoms with Gasteiger partial charge in [0.2, 0.25) is 0 Å². The van der Waals surface area contributed by atoms with Gasteiger partial charge in [-0.1, -0.05) is 31.2 Å². The van der Waals surface area contributed by atoms with E-state index in [0.29, 0.717) is 23.0 Å². The Balaban J connectivity index is 1.90. The highest BCUT2D eigenvalue weighted by Gasteiger charge is 2.48. The summed E-state index contributed by atoms with van der Waals surface area (Å²) in [6.07, 6.45) is 7.14. The molecule has 0 amide bonds. The van der Waals surface area contributed by atoms with Gasteiger partial charge in [0.25, 0.3) is 0 Å². The molecule has 0 radical (unpaired) electrons. The Morgan fingerprint density at radius 2 is 2.10 bits per heavy atom. The Morgan fingerprint density at radius 3 is 2.90 bits per heavy atom. The van der Waals surface area contributed by atoms with Gasteiger partial charge in [-0.3, -0.25) is 0 Å². The van der Waals surface area contributed by atoms with E-state index in [4.69, 9.17) is 0 Å². The lowest BCUT2D eigenvalue weighted by atomic mass is 9.63. The van der Waals surface area contributed by atoms with Crippen LogP contribution in [-0.4, -0.2) is 5.11 Å². The van der Waals surface area contributed by atoms with Crippen molar-refractivity contribution in [2.24, 2.45) is 11.3 Å². The minimum Gasteiger partial charge on any atom is -0.508 e. The first kappa shape index (κ1) is 12.9. The normalized spacial score (nSPS) is 30.9. The first-order valence-electron chi connectivity index (χ1n) is 8.00. The van der Waals surface area contributed by atoms with Crippen LogP contribution in [0.15, 0.2) is 43.0 Å². The molecule has 1 saturated carbocycles. The molecule has 2 aliphatic rings. The summed E-state index contributed by atoms with van der Waals surface area (Å²) < 4.78 is 0. The summed E-state index contributed by atoms with van der Waals surface area (Å²) in [5.41, 5.74) is 3.45. The summed E-state index contributed by atoms with van der Waals surface area (Å²) in [5.74, 6) is 1.68. The molecule has 2 aliphatic carbocycles. The van der Waals surface area contributed by atoms with E-state index in [0.717, 1.165) is 11.8 Å². The molecule has 1 nitrogen and oxygen atoms in total. The average molecular weight is 278 g/mol. The zero-order valence-electron chi connectivity index (χ0n) is 12.6. The Kier molecular flexibility index (Phi) is 2.69. The number of aromatic hydroxyl groups is 1. The maximum absolute atomic E-state index is 9.68. The van der Waals surface area contributed by atoms with Gasteiger partial charge in [0.1, 0.15) is 5.75 Å². The van der Waals surface area contributed by atoms with Crippen molar-refractivity contribution in [1.29, 1.82) is 0 Å². The molecule has 0 bridgehead atoms. The van der Waals surface area contributed by atoms with Crippen molar-refractivity contribution < 1.29 is 5.11 Å². The molecule has 4 rings (SSSR count). The molecule has 3 atom stereocenters. The predicted molar refractivity (Wildman–Crippen MR) is 87.7 cm³/mol. The Labute approximate surface area is 126 Å². The first-order valence-corrected chi connectivity index (χ1v) is 8.00. The summed E-state index contributed by atoms with van der Waals surface area (Å²) in [6.45, 7) is 6.53. The number of aryl methyl sites for hydroxylation is 1. The van der Waals surface area contributed by atoms with Crippen molar-refractivity contribution in [1.82, 2.24) is 0 Å². The van der Waals surface area contributed by atoms with Crippen LogP contribution in [0.3, 0.4) is 0 Å². The molecule has 0 aromatic heterocycles. The third-order valence-electron chi connectivity index (χ3n) is 6.13. The van der Waals surface area contributed by atoms with Crippen molar-refractivity contribution in [2.45, 2.75) is 38.5 Å². The quantitative estimate of drug-likeness (QED) is 0.713. The van der Waals surface area contributed by atoms with Crippen molar-refractivity contribution in [2.75, 3.05) is 0 Å². The number of phenols is 1. The van der Waals surface area contributed by atoms with Crippen LogP contribution in [0.4, 0.5) is 0 Å². The monoisotopic (exact) mass is 278 g/mol. The first-order chi connectivity index (χ1) is 10.1. The molecular weight excluding hydrogens is 256 g/mol. The van der Waals surface area contributed by atoms with Gasteiger partial charge in [-0.15, -0.1) is 6.58 Å². The fraction of sp³-hybridized carbons (Fsp3) is 0.400. The average Bonchev–Trinajstić information content (AvgIpc) is 2.83. The molecule has 1 N–H and O–H groups in total. The molecule has 0 heterocycles. The number of benzene rings is 2. The number of allylic oxidation sites excluding steroid dienone is 1. The zero-order chi connectivity index (χ0) is 14.6. The van der Waals surface area contributed by atoms with Gasteiger partial charge in [-0.25, -0.2) is 0 Å². The summed E-state index contributed by atoms with van der Waals surface area (Å²) in [6, 6.07) is 10.3. The van der Waals surface area contributed by atoms with Gasteiger partial charge in [-0.05, 0) is 77.0 Å². The number of hydrogen-bond donors (Lipinski definition) is 1. The maximum atomic E-state index is 9.68. The molecule has 0 aliphatic heterocycles. The highest BCUT2D eigenvalue weighted by molar-refractivity contribution is 5.88. The number of phenolic OH excluding ortho intramolecular Hbond substituents is 1. The molecule has 0 saturated heterocycles.